The molecular weight excluding hydrogens is 266 g/mol. The predicted molar refractivity (Wildman–Crippen MR) is 69.3 cm³/mol. The van der Waals surface area contributed by atoms with Gasteiger partial charge in [0.1, 0.15) is 0 Å². The van der Waals surface area contributed by atoms with Crippen LogP contribution in [-0.4, -0.2) is 36.1 Å². The summed E-state index contributed by atoms with van der Waals surface area (Å²) in [6.07, 6.45) is 4.48. The van der Waals surface area contributed by atoms with Crippen LogP contribution < -0.4 is 5.32 Å². The Bertz CT molecular complexity index is 320. The van der Waals surface area contributed by atoms with Crippen molar-refractivity contribution in [1.82, 2.24) is 15.2 Å². The van der Waals surface area contributed by atoms with Crippen molar-refractivity contribution in [2.45, 2.75) is 25.4 Å². The molecule has 1 saturated heterocycles. The minimum atomic E-state index is 0.667. The van der Waals surface area contributed by atoms with Crippen molar-refractivity contribution in [3.8, 4) is 0 Å². The quantitative estimate of drug-likeness (QED) is 0.917. The highest BCUT2D eigenvalue weighted by atomic mass is 79.9. The zero-order chi connectivity index (χ0) is 11.4. The van der Waals surface area contributed by atoms with Crippen molar-refractivity contribution in [3.05, 3.63) is 28.5 Å². The zero-order valence-electron chi connectivity index (χ0n) is 9.62. The van der Waals surface area contributed by atoms with Gasteiger partial charge in [-0.2, -0.15) is 0 Å². The third-order valence-corrected chi connectivity index (χ3v) is 3.38. The van der Waals surface area contributed by atoms with E-state index < -0.39 is 0 Å². The predicted octanol–water partition coefficient (Wildman–Crippen LogP) is 2.03. The van der Waals surface area contributed by atoms with Crippen LogP contribution in [0.5, 0.6) is 0 Å². The molecule has 1 unspecified atom stereocenters. The van der Waals surface area contributed by atoms with E-state index in [2.05, 4.69) is 44.2 Å². The fraction of sp³-hybridized carbons (Fsp3) is 0.583. The number of hydrogen-bond donors (Lipinski definition) is 1. The van der Waals surface area contributed by atoms with Crippen LogP contribution in [0, 0.1) is 0 Å². The van der Waals surface area contributed by atoms with E-state index in [0.717, 1.165) is 23.3 Å². The largest absolute Gasteiger partial charge is 0.313 e. The van der Waals surface area contributed by atoms with Gasteiger partial charge >= 0.3 is 0 Å². The highest BCUT2D eigenvalue weighted by Gasteiger charge is 2.15. The van der Waals surface area contributed by atoms with Gasteiger partial charge in [-0.3, -0.25) is 9.88 Å². The highest BCUT2D eigenvalue weighted by Crippen LogP contribution is 2.10. The first-order valence-corrected chi connectivity index (χ1v) is 6.56. The number of pyridine rings is 1. The molecule has 1 aromatic rings. The molecule has 0 bridgehead atoms. The lowest BCUT2D eigenvalue weighted by molar-refractivity contribution is 0.290. The summed E-state index contributed by atoms with van der Waals surface area (Å²) in [5.74, 6) is 0. The van der Waals surface area contributed by atoms with Gasteiger partial charge in [0.2, 0.25) is 0 Å². The van der Waals surface area contributed by atoms with Crippen LogP contribution in [-0.2, 0) is 6.54 Å². The summed E-state index contributed by atoms with van der Waals surface area (Å²) in [6.45, 7) is 3.21. The fourth-order valence-corrected chi connectivity index (χ4v) is 2.36. The lowest BCUT2D eigenvalue weighted by Crippen LogP contribution is -2.35. The van der Waals surface area contributed by atoms with Gasteiger partial charge in [0.05, 0.1) is 5.69 Å². The van der Waals surface area contributed by atoms with Crippen molar-refractivity contribution < 1.29 is 0 Å². The number of hydrogen-bond acceptors (Lipinski definition) is 3. The SMILES string of the molecule is CN(Cc1ccc(Br)cn1)CC1CCCN1. The van der Waals surface area contributed by atoms with E-state index in [-0.39, 0.29) is 0 Å². The van der Waals surface area contributed by atoms with E-state index in [1.165, 1.54) is 19.4 Å². The molecule has 88 valence electrons. The second-order valence-corrected chi connectivity index (χ2v) is 5.37. The smallest absolute Gasteiger partial charge is 0.0544 e. The molecule has 2 heterocycles. The van der Waals surface area contributed by atoms with Crippen molar-refractivity contribution in [3.63, 3.8) is 0 Å². The Labute approximate surface area is 105 Å². The van der Waals surface area contributed by atoms with Crippen LogP contribution >= 0.6 is 15.9 Å². The number of halogens is 1. The number of likely N-dealkylation sites (N-methyl/N-ethyl adjacent to an activating group) is 1. The fourth-order valence-electron chi connectivity index (χ4n) is 2.13. The standard InChI is InChI=1S/C12H18BrN3/c1-16(8-11-3-2-6-14-11)9-12-5-4-10(13)7-15-12/h4-5,7,11,14H,2-3,6,8-9H2,1H3. The molecule has 0 amide bonds. The second kappa shape index (κ2) is 5.75. The van der Waals surface area contributed by atoms with Gasteiger partial charge < -0.3 is 5.32 Å². The Hall–Kier alpha value is -0.450. The number of rotatable bonds is 4. The summed E-state index contributed by atoms with van der Waals surface area (Å²) < 4.78 is 1.04. The molecule has 1 aliphatic heterocycles. The van der Waals surface area contributed by atoms with Crippen LogP contribution in [0.3, 0.4) is 0 Å². The molecule has 1 fully saturated rings. The molecule has 16 heavy (non-hydrogen) atoms. The van der Waals surface area contributed by atoms with E-state index in [9.17, 15) is 0 Å². The van der Waals surface area contributed by atoms with Gasteiger partial charge in [-0.1, -0.05) is 0 Å². The Morgan fingerprint density at radius 1 is 1.56 bits per heavy atom. The first kappa shape index (κ1) is 12.0. The van der Waals surface area contributed by atoms with Gasteiger partial charge in [0.25, 0.3) is 0 Å². The molecule has 4 heteroatoms. The minimum absolute atomic E-state index is 0.667. The Kier molecular flexibility index (Phi) is 4.32. The molecule has 1 atom stereocenters. The third kappa shape index (κ3) is 3.54. The maximum atomic E-state index is 4.38. The summed E-state index contributed by atoms with van der Waals surface area (Å²) in [5, 5.41) is 3.51. The first-order chi connectivity index (χ1) is 7.74. The van der Waals surface area contributed by atoms with Crippen molar-refractivity contribution in [2.75, 3.05) is 20.1 Å². The molecule has 0 aliphatic carbocycles. The van der Waals surface area contributed by atoms with Crippen LogP contribution in [0.1, 0.15) is 18.5 Å². The normalized spacial score (nSPS) is 20.6. The summed E-state index contributed by atoms with van der Waals surface area (Å²) in [6, 6.07) is 4.78. The van der Waals surface area contributed by atoms with Gasteiger partial charge in [-0.25, -0.2) is 0 Å². The number of aromatic nitrogens is 1. The molecule has 2 rings (SSSR count). The van der Waals surface area contributed by atoms with E-state index in [1.54, 1.807) is 0 Å². The van der Waals surface area contributed by atoms with Gasteiger partial charge in [-0.05, 0) is 54.5 Å². The molecule has 0 spiro atoms. The van der Waals surface area contributed by atoms with Crippen LogP contribution in [0.2, 0.25) is 0 Å². The molecule has 3 nitrogen and oxygen atoms in total. The van der Waals surface area contributed by atoms with Gasteiger partial charge in [0.15, 0.2) is 0 Å². The number of nitrogens with one attached hydrogen (secondary N) is 1. The van der Waals surface area contributed by atoms with E-state index in [1.807, 2.05) is 12.3 Å². The lowest BCUT2D eigenvalue weighted by Gasteiger charge is -2.20. The van der Waals surface area contributed by atoms with Crippen LogP contribution in [0.25, 0.3) is 0 Å². The monoisotopic (exact) mass is 283 g/mol. The molecule has 1 aromatic heterocycles. The second-order valence-electron chi connectivity index (χ2n) is 4.46. The average Bonchev–Trinajstić information content (AvgIpc) is 2.74. The lowest BCUT2D eigenvalue weighted by atomic mass is 10.2. The highest BCUT2D eigenvalue weighted by molar-refractivity contribution is 9.10. The average molecular weight is 284 g/mol. The van der Waals surface area contributed by atoms with E-state index in [0.29, 0.717) is 6.04 Å². The number of nitrogens with zero attached hydrogens (tertiary/aromatic N) is 2. The molecular formula is C12H18BrN3. The van der Waals surface area contributed by atoms with E-state index in [4.69, 9.17) is 0 Å². The summed E-state index contributed by atoms with van der Waals surface area (Å²) in [4.78, 5) is 6.72. The summed E-state index contributed by atoms with van der Waals surface area (Å²) in [7, 11) is 2.16. The maximum Gasteiger partial charge on any atom is 0.0544 e. The van der Waals surface area contributed by atoms with Crippen molar-refractivity contribution in [1.29, 1.82) is 0 Å². The topological polar surface area (TPSA) is 28.2 Å². The minimum Gasteiger partial charge on any atom is -0.313 e. The maximum absolute atomic E-state index is 4.38. The Morgan fingerprint density at radius 2 is 2.44 bits per heavy atom. The van der Waals surface area contributed by atoms with Crippen LogP contribution in [0.15, 0.2) is 22.8 Å². The molecule has 1 N–H and O–H groups in total. The van der Waals surface area contributed by atoms with Crippen LogP contribution in [0.4, 0.5) is 0 Å². The molecule has 0 radical (unpaired) electrons. The summed E-state index contributed by atoms with van der Waals surface area (Å²) >= 11 is 3.40. The molecule has 0 saturated carbocycles. The Morgan fingerprint density at radius 3 is 3.06 bits per heavy atom. The Balaban J connectivity index is 1.81. The van der Waals surface area contributed by atoms with Gasteiger partial charge in [-0.15, -0.1) is 0 Å². The van der Waals surface area contributed by atoms with E-state index >= 15 is 0 Å². The summed E-state index contributed by atoms with van der Waals surface area (Å²) in [5.41, 5.74) is 1.13. The zero-order valence-corrected chi connectivity index (χ0v) is 11.2. The van der Waals surface area contributed by atoms with Crippen molar-refractivity contribution >= 4 is 15.9 Å². The van der Waals surface area contributed by atoms with Gasteiger partial charge in [0, 0.05) is 29.8 Å². The van der Waals surface area contributed by atoms with Crippen molar-refractivity contribution in [2.24, 2.45) is 0 Å². The molecule has 1 aliphatic rings. The molecule has 0 aromatic carbocycles. The third-order valence-electron chi connectivity index (χ3n) is 2.91. The first-order valence-electron chi connectivity index (χ1n) is 5.76.